The number of rotatable bonds is 2. The van der Waals surface area contributed by atoms with Crippen molar-refractivity contribution in [2.24, 2.45) is 0 Å². The molecule has 1 aromatic carbocycles. The molecule has 1 amide bonds. The second-order valence-electron chi connectivity index (χ2n) is 6.33. The van der Waals surface area contributed by atoms with Gasteiger partial charge in [-0.05, 0) is 43.5 Å². The first-order valence-electron chi connectivity index (χ1n) is 8.05. The average Bonchev–Trinajstić information content (AvgIpc) is 3.14. The Hall–Kier alpha value is -1.37. The zero-order chi connectivity index (χ0) is 15.8. The first kappa shape index (κ1) is 17.5. The van der Waals surface area contributed by atoms with Crippen molar-refractivity contribution in [3.8, 4) is 5.69 Å². The molecule has 2 aliphatic rings. The molecule has 2 saturated heterocycles. The van der Waals surface area contributed by atoms with Crippen LogP contribution in [0.3, 0.4) is 0 Å². The maximum absolute atomic E-state index is 12.8. The summed E-state index contributed by atoms with van der Waals surface area (Å²) in [5, 5.41) is 7.95. The van der Waals surface area contributed by atoms with Crippen LogP contribution in [0.15, 0.2) is 41.1 Å². The predicted molar refractivity (Wildman–Crippen MR) is 99.0 cm³/mol. The van der Waals surface area contributed by atoms with Gasteiger partial charge in [-0.25, -0.2) is 4.68 Å². The molecule has 3 heterocycles. The SMILES string of the molecule is Cl.O=C(c1cnn(-c2ccc(Br)cc2)c1)N1CCC2CCC(C1)N2. The number of fused-ring (bicyclic) bond motifs is 2. The molecule has 2 atom stereocenters. The van der Waals surface area contributed by atoms with Crippen LogP contribution in [-0.4, -0.2) is 45.8 Å². The summed E-state index contributed by atoms with van der Waals surface area (Å²) < 4.78 is 2.78. The van der Waals surface area contributed by atoms with Crippen LogP contribution < -0.4 is 5.32 Å². The highest BCUT2D eigenvalue weighted by Gasteiger charge is 2.31. The number of halogens is 2. The molecule has 4 rings (SSSR count). The largest absolute Gasteiger partial charge is 0.337 e. The van der Waals surface area contributed by atoms with Crippen LogP contribution in [0.1, 0.15) is 29.6 Å². The Balaban J connectivity index is 0.00000169. The van der Waals surface area contributed by atoms with Crippen molar-refractivity contribution >= 4 is 34.2 Å². The quantitative estimate of drug-likeness (QED) is 0.826. The Labute approximate surface area is 155 Å². The Morgan fingerprint density at radius 3 is 2.71 bits per heavy atom. The first-order chi connectivity index (χ1) is 11.2. The minimum Gasteiger partial charge on any atom is -0.337 e. The van der Waals surface area contributed by atoms with E-state index in [9.17, 15) is 4.79 Å². The van der Waals surface area contributed by atoms with Crippen molar-refractivity contribution in [3.05, 3.63) is 46.7 Å². The molecule has 2 unspecified atom stereocenters. The van der Waals surface area contributed by atoms with Gasteiger partial charge in [-0.1, -0.05) is 15.9 Å². The van der Waals surface area contributed by atoms with Crippen molar-refractivity contribution in [1.82, 2.24) is 20.0 Å². The van der Waals surface area contributed by atoms with Gasteiger partial charge in [-0.15, -0.1) is 12.4 Å². The average molecular weight is 412 g/mol. The molecule has 5 nitrogen and oxygen atoms in total. The molecule has 24 heavy (non-hydrogen) atoms. The highest BCUT2D eigenvalue weighted by Crippen LogP contribution is 2.22. The van der Waals surface area contributed by atoms with Crippen LogP contribution in [0, 0.1) is 0 Å². The van der Waals surface area contributed by atoms with E-state index in [1.165, 1.54) is 12.8 Å². The van der Waals surface area contributed by atoms with E-state index in [-0.39, 0.29) is 18.3 Å². The normalized spacial score (nSPS) is 22.8. The van der Waals surface area contributed by atoms with Gasteiger partial charge in [0.05, 0.1) is 17.4 Å². The molecule has 1 aromatic heterocycles. The van der Waals surface area contributed by atoms with Crippen LogP contribution in [0.5, 0.6) is 0 Å². The van der Waals surface area contributed by atoms with Gasteiger partial charge >= 0.3 is 0 Å². The molecule has 2 bridgehead atoms. The fourth-order valence-electron chi connectivity index (χ4n) is 3.48. The van der Waals surface area contributed by atoms with Gasteiger partial charge < -0.3 is 10.2 Å². The third kappa shape index (κ3) is 3.50. The number of nitrogens with zero attached hydrogens (tertiary/aromatic N) is 3. The number of hydrogen-bond acceptors (Lipinski definition) is 3. The van der Waals surface area contributed by atoms with Crippen LogP contribution in [0.25, 0.3) is 5.69 Å². The van der Waals surface area contributed by atoms with Gasteiger partial charge in [0, 0.05) is 35.8 Å². The van der Waals surface area contributed by atoms with Gasteiger partial charge in [-0.2, -0.15) is 5.10 Å². The van der Waals surface area contributed by atoms with Gasteiger partial charge in [0.15, 0.2) is 0 Å². The molecular weight excluding hydrogens is 392 g/mol. The second kappa shape index (κ2) is 7.25. The Bertz CT molecular complexity index is 718. The van der Waals surface area contributed by atoms with E-state index >= 15 is 0 Å². The minimum absolute atomic E-state index is 0. The highest BCUT2D eigenvalue weighted by atomic mass is 79.9. The van der Waals surface area contributed by atoms with Crippen LogP contribution in [0.4, 0.5) is 0 Å². The summed E-state index contributed by atoms with van der Waals surface area (Å²) in [5.74, 6) is 0.0858. The van der Waals surface area contributed by atoms with Gasteiger partial charge in [-0.3, -0.25) is 4.79 Å². The number of benzene rings is 1. The molecule has 2 fully saturated rings. The van der Waals surface area contributed by atoms with Gasteiger partial charge in [0.25, 0.3) is 5.91 Å². The zero-order valence-corrected chi connectivity index (χ0v) is 15.6. The summed E-state index contributed by atoms with van der Waals surface area (Å²) in [6.45, 7) is 1.63. The molecule has 0 radical (unpaired) electrons. The molecule has 0 saturated carbocycles. The van der Waals surface area contributed by atoms with E-state index in [1.807, 2.05) is 35.4 Å². The van der Waals surface area contributed by atoms with Crippen molar-refractivity contribution in [2.45, 2.75) is 31.3 Å². The number of amides is 1. The molecular formula is C17H20BrClN4O. The minimum atomic E-state index is 0. The Kier molecular flexibility index (Phi) is 5.27. The van der Waals surface area contributed by atoms with Crippen molar-refractivity contribution in [2.75, 3.05) is 13.1 Å². The number of carbonyl (C=O) groups is 1. The monoisotopic (exact) mass is 410 g/mol. The van der Waals surface area contributed by atoms with Gasteiger partial charge in [0.2, 0.25) is 0 Å². The Morgan fingerprint density at radius 2 is 1.92 bits per heavy atom. The van der Waals surface area contributed by atoms with E-state index in [1.54, 1.807) is 10.9 Å². The lowest BCUT2D eigenvalue weighted by Gasteiger charge is -2.23. The smallest absolute Gasteiger partial charge is 0.257 e. The zero-order valence-electron chi connectivity index (χ0n) is 13.2. The number of likely N-dealkylation sites (tertiary alicyclic amines) is 1. The maximum atomic E-state index is 12.8. The summed E-state index contributed by atoms with van der Waals surface area (Å²) in [5.41, 5.74) is 1.61. The third-order valence-corrected chi connectivity index (χ3v) is 5.26. The topological polar surface area (TPSA) is 50.2 Å². The van der Waals surface area contributed by atoms with Crippen LogP contribution >= 0.6 is 28.3 Å². The molecule has 7 heteroatoms. The predicted octanol–water partition coefficient (Wildman–Crippen LogP) is 3.02. The van der Waals surface area contributed by atoms with Crippen molar-refractivity contribution in [3.63, 3.8) is 0 Å². The standard InChI is InChI=1S/C17H19BrN4O.ClH/c18-13-1-5-16(6-2-13)22-10-12(9-19-22)17(23)21-8-7-14-3-4-15(11-21)20-14;/h1-2,5-6,9-10,14-15,20H,3-4,7-8,11H2;1H. The third-order valence-electron chi connectivity index (χ3n) is 4.73. The molecule has 0 aliphatic carbocycles. The molecule has 2 aliphatic heterocycles. The van der Waals surface area contributed by atoms with Gasteiger partial charge in [0.1, 0.15) is 0 Å². The number of hydrogen-bond donors (Lipinski definition) is 1. The van der Waals surface area contributed by atoms with E-state index in [4.69, 9.17) is 0 Å². The summed E-state index contributed by atoms with van der Waals surface area (Å²) in [4.78, 5) is 14.7. The van der Waals surface area contributed by atoms with Crippen LogP contribution in [-0.2, 0) is 0 Å². The molecule has 0 spiro atoms. The lowest BCUT2D eigenvalue weighted by molar-refractivity contribution is 0.0748. The maximum Gasteiger partial charge on any atom is 0.257 e. The fourth-order valence-corrected chi connectivity index (χ4v) is 3.74. The van der Waals surface area contributed by atoms with E-state index in [0.29, 0.717) is 17.6 Å². The lowest BCUT2D eigenvalue weighted by Crippen LogP contribution is -2.38. The number of aromatic nitrogens is 2. The summed E-state index contributed by atoms with van der Waals surface area (Å²) in [7, 11) is 0. The highest BCUT2D eigenvalue weighted by molar-refractivity contribution is 9.10. The van der Waals surface area contributed by atoms with Crippen molar-refractivity contribution in [1.29, 1.82) is 0 Å². The molecule has 128 valence electrons. The van der Waals surface area contributed by atoms with Crippen molar-refractivity contribution < 1.29 is 4.79 Å². The summed E-state index contributed by atoms with van der Waals surface area (Å²) >= 11 is 3.43. The number of nitrogens with one attached hydrogen (secondary N) is 1. The molecule has 1 N–H and O–H groups in total. The number of carbonyl (C=O) groups excluding carboxylic acids is 1. The van der Waals surface area contributed by atoms with E-state index < -0.39 is 0 Å². The summed E-state index contributed by atoms with van der Waals surface area (Å²) in [6.07, 6.45) is 6.95. The summed E-state index contributed by atoms with van der Waals surface area (Å²) in [6, 6.07) is 8.92. The van der Waals surface area contributed by atoms with E-state index in [2.05, 4.69) is 26.3 Å². The second-order valence-corrected chi connectivity index (χ2v) is 7.24. The van der Waals surface area contributed by atoms with E-state index in [0.717, 1.165) is 29.7 Å². The first-order valence-corrected chi connectivity index (χ1v) is 8.84. The lowest BCUT2D eigenvalue weighted by atomic mass is 10.1. The van der Waals surface area contributed by atoms with Crippen LogP contribution in [0.2, 0.25) is 0 Å². The Morgan fingerprint density at radius 1 is 1.17 bits per heavy atom. The fraction of sp³-hybridized carbons (Fsp3) is 0.412. The molecule has 2 aromatic rings.